The van der Waals surface area contributed by atoms with Crippen LogP contribution in [-0.4, -0.2) is 10.8 Å². The number of nitrogens with one attached hydrogen (secondary N) is 1. The SMILES string of the molecule is O=C(Nc1ccccc1Sc1ccc(Cl)cc1)c1ccc(COc2ccc([N+](=O)[O-])cc2Cl)o1. The number of nitro benzene ring substituents is 1. The van der Waals surface area contributed by atoms with Gasteiger partial charge in [-0.25, -0.2) is 0 Å². The van der Waals surface area contributed by atoms with Crippen molar-refractivity contribution in [3.8, 4) is 5.75 Å². The number of benzene rings is 3. The van der Waals surface area contributed by atoms with E-state index < -0.39 is 10.8 Å². The smallest absolute Gasteiger partial charge is 0.291 e. The summed E-state index contributed by atoms with van der Waals surface area (Å²) in [4.78, 5) is 24.9. The van der Waals surface area contributed by atoms with E-state index in [9.17, 15) is 14.9 Å². The standard InChI is InChI=1S/C24H16Cl2N2O5S/c25-15-5-9-18(10-6-15)34-23-4-2-1-3-20(23)27-24(29)22-12-8-17(33-22)14-32-21-11-7-16(28(30)31)13-19(21)26/h1-13H,14H2,(H,27,29). The molecule has 4 rings (SSSR count). The van der Waals surface area contributed by atoms with Gasteiger partial charge in [0.25, 0.3) is 11.6 Å². The van der Waals surface area contributed by atoms with E-state index in [0.29, 0.717) is 16.5 Å². The van der Waals surface area contributed by atoms with Crippen molar-refractivity contribution in [3.05, 3.63) is 111 Å². The lowest BCUT2D eigenvalue weighted by atomic mass is 10.3. The van der Waals surface area contributed by atoms with Crippen LogP contribution in [0.1, 0.15) is 16.3 Å². The number of rotatable bonds is 8. The third-order valence-corrected chi connectivity index (χ3v) is 6.19. The molecule has 0 spiro atoms. The van der Waals surface area contributed by atoms with Gasteiger partial charge in [-0.3, -0.25) is 14.9 Å². The van der Waals surface area contributed by atoms with E-state index >= 15 is 0 Å². The molecule has 0 aliphatic carbocycles. The fraction of sp³-hybridized carbons (Fsp3) is 0.0417. The topological polar surface area (TPSA) is 94.6 Å². The molecule has 1 heterocycles. The molecule has 1 amide bonds. The van der Waals surface area contributed by atoms with E-state index in [2.05, 4.69) is 5.32 Å². The summed E-state index contributed by atoms with van der Waals surface area (Å²) < 4.78 is 11.2. The van der Waals surface area contributed by atoms with E-state index in [0.717, 1.165) is 9.79 Å². The van der Waals surface area contributed by atoms with Gasteiger partial charge in [0.15, 0.2) is 5.76 Å². The molecule has 0 saturated carbocycles. The molecule has 0 radical (unpaired) electrons. The van der Waals surface area contributed by atoms with Gasteiger partial charge in [0.05, 0.1) is 15.6 Å². The lowest BCUT2D eigenvalue weighted by Gasteiger charge is -2.10. The lowest BCUT2D eigenvalue weighted by molar-refractivity contribution is -0.384. The molecule has 34 heavy (non-hydrogen) atoms. The van der Waals surface area contributed by atoms with Gasteiger partial charge in [0.1, 0.15) is 18.1 Å². The Morgan fingerprint density at radius 3 is 2.53 bits per heavy atom. The van der Waals surface area contributed by atoms with Crippen molar-refractivity contribution >= 4 is 52.2 Å². The average Bonchev–Trinajstić information content (AvgIpc) is 3.30. The summed E-state index contributed by atoms with van der Waals surface area (Å²) >= 11 is 13.5. The van der Waals surface area contributed by atoms with E-state index in [-0.39, 0.29) is 28.8 Å². The van der Waals surface area contributed by atoms with Crippen molar-refractivity contribution in [2.45, 2.75) is 16.4 Å². The largest absolute Gasteiger partial charge is 0.484 e. The fourth-order valence-corrected chi connectivity index (χ4v) is 4.18. The van der Waals surface area contributed by atoms with Crippen LogP contribution < -0.4 is 10.1 Å². The van der Waals surface area contributed by atoms with E-state index in [1.165, 1.54) is 30.0 Å². The van der Waals surface area contributed by atoms with Gasteiger partial charge in [0.2, 0.25) is 0 Å². The molecule has 3 aromatic carbocycles. The molecule has 0 bridgehead atoms. The van der Waals surface area contributed by atoms with Crippen LogP contribution in [0.25, 0.3) is 0 Å². The predicted octanol–water partition coefficient (Wildman–Crippen LogP) is 7.48. The highest BCUT2D eigenvalue weighted by Crippen LogP contribution is 2.34. The second-order valence-electron chi connectivity index (χ2n) is 6.93. The third kappa shape index (κ3) is 5.91. The number of amides is 1. The maximum atomic E-state index is 12.7. The number of carbonyl (C=O) groups is 1. The molecule has 1 N–H and O–H groups in total. The first-order valence-electron chi connectivity index (χ1n) is 9.88. The zero-order chi connectivity index (χ0) is 24.1. The first kappa shape index (κ1) is 23.7. The number of hydrogen-bond donors (Lipinski definition) is 1. The molecule has 0 fully saturated rings. The minimum Gasteiger partial charge on any atom is -0.484 e. The Kier molecular flexibility index (Phi) is 7.42. The Morgan fingerprint density at radius 2 is 1.79 bits per heavy atom. The number of halogens is 2. The molecule has 4 aromatic rings. The molecule has 172 valence electrons. The van der Waals surface area contributed by atoms with Crippen LogP contribution in [0.5, 0.6) is 5.75 Å². The van der Waals surface area contributed by atoms with Crippen LogP contribution >= 0.6 is 35.0 Å². The van der Waals surface area contributed by atoms with Crippen molar-refractivity contribution in [3.63, 3.8) is 0 Å². The van der Waals surface area contributed by atoms with Crippen molar-refractivity contribution in [2.24, 2.45) is 0 Å². The molecule has 1 aromatic heterocycles. The van der Waals surface area contributed by atoms with Crippen LogP contribution in [0.4, 0.5) is 11.4 Å². The van der Waals surface area contributed by atoms with E-state index in [1.807, 2.05) is 30.3 Å². The number of carbonyl (C=O) groups excluding carboxylic acids is 1. The number of hydrogen-bond acceptors (Lipinski definition) is 6. The summed E-state index contributed by atoms with van der Waals surface area (Å²) in [5.41, 5.74) is 0.503. The highest BCUT2D eigenvalue weighted by molar-refractivity contribution is 7.99. The number of furan rings is 1. The Morgan fingerprint density at radius 1 is 1.03 bits per heavy atom. The molecule has 0 unspecified atom stereocenters. The monoisotopic (exact) mass is 514 g/mol. The van der Waals surface area contributed by atoms with Crippen molar-refractivity contribution in [1.82, 2.24) is 0 Å². The predicted molar refractivity (Wildman–Crippen MR) is 131 cm³/mol. The third-order valence-electron chi connectivity index (χ3n) is 4.56. The van der Waals surface area contributed by atoms with Gasteiger partial charge in [-0.2, -0.15) is 0 Å². The summed E-state index contributed by atoms with van der Waals surface area (Å²) in [6.45, 7) is -0.00613. The first-order valence-corrected chi connectivity index (χ1v) is 11.5. The second-order valence-corrected chi connectivity index (χ2v) is 8.89. The summed E-state index contributed by atoms with van der Waals surface area (Å²) in [5, 5.41) is 14.4. The molecule has 7 nitrogen and oxygen atoms in total. The zero-order valence-corrected chi connectivity index (χ0v) is 19.7. The number of ether oxygens (including phenoxy) is 1. The Hall–Kier alpha value is -3.46. The van der Waals surface area contributed by atoms with Gasteiger partial charge >= 0.3 is 0 Å². The molecular formula is C24H16Cl2N2O5S. The minimum atomic E-state index is -0.542. The number of non-ortho nitro benzene ring substituents is 1. The quantitative estimate of drug-likeness (QED) is 0.193. The maximum absolute atomic E-state index is 12.7. The van der Waals surface area contributed by atoms with Gasteiger partial charge in [0, 0.05) is 26.9 Å². The number of nitro groups is 1. The molecule has 0 aliphatic heterocycles. The second kappa shape index (κ2) is 10.6. The molecule has 0 saturated heterocycles. The average molecular weight is 515 g/mol. The lowest BCUT2D eigenvalue weighted by Crippen LogP contribution is -2.11. The summed E-state index contributed by atoms with van der Waals surface area (Å²) in [6, 6.07) is 21.9. The van der Waals surface area contributed by atoms with Crippen LogP contribution in [0.2, 0.25) is 10.0 Å². The summed E-state index contributed by atoms with van der Waals surface area (Å²) in [6.07, 6.45) is 0. The molecule has 10 heteroatoms. The van der Waals surface area contributed by atoms with Crippen molar-refractivity contribution < 1.29 is 18.9 Å². The molecule has 0 aliphatic rings. The van der Waals surface area contributed by atoms with E-state index in [1.54, 1.807) is 30.3 Å². The van der Waals surface area contributed by atoms with Crippen LogP contribution in [0.15, 0.2) is 93.1 Å². The van der Waals surface area contributed by atoms with Crippen molar-refractivity contribution in [2.75, 3.05) is 5.32 Å². The van der Waals surface area contributed by atoms with Crippen LogP contribution in [0.3, 0.4) is 0 Å². The molecule has 0 atom stereocenters. The molecular weight excluding hydrogens is 499 g/mol. The van der Waals surface area contributed by atoms with Gasteiger partial charge < -0.3 is 14.5 Å². The van der Waals surface area contributed by atoms with Gasteiger partial charge in [-0.1, -0.05) is 47.1 Å². The van der Waals surface area contributed by atoms with E-state index in [4.69, 9.17) is 32.4 Å². The minimum absolute atomic E-state index is 0.00613. The van der Waals surface area contributed by atoms with Crippen LogP contribution in [0, 0.1) is 10.1 Å². The zero-order valence-electron chi connectivity index (χ0n) is 17.4. The highest BCUT2D eigenvalue weighted by atomic mass is 35.5. The maximum Gasteiger partial charge on any atom is 0.291 e. The number of para-hydroxylation sites is 1. The Balaban J connectivity index is 1.40. The Bertz CT molecular complexity index is 1340. The van der Waals surface area contributed by atoms with Crippen molar-refractivity contribution in [1.29, 1.82) is 0 Å². The number of nitrogens with zero attached hydrogens (tertiary/aromatic N) is 1. The highest BCUT2D eigenvalue weighted by Gasteiger charge is 2.15. The summed E-state index contributed by atoms with van der Waals surface area (Å²) in [5.74, 6) is 0.356. The first-order chi connectivity index (χ1) is 16.4. The van der Waals surface area contributed by atoms with Gasteiger partial charge in [-0.05, 0) is 54.6 Å². The Labute approximate surface area is 208 Å². The van der Waals surface area contributed by atoms with Crippen LogP contribution in [-0.2, 0) is 6.61 Å². The van der Waals surface area contributed by atoms with Gasteiger partial charge in [-0.15, -0.1) is 0 Å². The normalized spacial score (nSPS) is 10.6. The number of anilines is 1. The summed E-state index contributed by atoms with van der Waals surface area (Å²) in [7, 11) is 0. The fourth-order valence-electron chi connectivity index (χ4n) is 2.92.